The van der Waals surface area contributed by atoms with Gasteiger partial charge in [-0.3, -0.25) is 4.79 Å². The maximum absolute atomic E-state index is 13.1. The summed E-state index contributed by atoms with van der Waals surface area (Å²) >= 11 is 1.46. The number of para-hydroxylation sites is 1. The fraction of sp³-hybridized carbons (Fsp3) is 0.208. The Morgan fingerprint density at radius 3 is 2.34 bits per heavy atom. The van der Waals surface area contributed by atoms with Crippen molar-refractivity contribution in [3.05, 3.63) is 89.0 Å². The minimum atomic E-state index is -0.298. The fourth-order valence-corrected chi connectivity index (χ4v) is 4.23. The van der Waals surface area contributed by atoms with Gasteiger partial charge in [0.25, 0.3) is 5.91 Å². The van der Waals surface area contributed by atoms with E-state index >= 15 is 0 Å². The molecule has 32 heavy (non-hydrogen) atoms. The van der Waals surface area contributed by atoms with E-state index in [1.165, 1.54) is 17.3 Å². The van der Waals surface area contributed by atoms with Crippen LogP contribution in [0.1, 0.15) is 40.1 Å². The van der Waals surface area contributed by atoms with Gasteiger partial charge < -0.3 is 5.32 Å². The molecule has 0 aliphatic rings. The van der Waals surface area contributed by atoms with Gasteiger partial charge in [0.05, 0.1) is 11.4 Å². The highest BCUT2D eigenvalue weighted by atomic mass is 32.2. The SMILES string of the molecule is CCc1ccc(NC(=O)c2nnn(-c3ccccc3)c2CSc2nc(C)cc(C)n2)cc1. The molecule has 0 aliphatic carbocycles. The van der Waals surface area contributed by atoms with Crippen LogP contribution in [0.2, 0.25) is 0 Å². The van der Waals surface area contributed by atoms with Gasteiger partial charge in [0, 0.05) is 22.8 Å². The molecule has 0 fully saturated rings. The Morgan fingerprint density at radius 1 is 1.00 bits per heavy atom. The Bertz CT molecular complexity index is 1200. The minimum absolute atomic E-state index is 0.283. The number of rotatable bonds is 7. The van der Waals surface area contributed by atoms with Crippen LogP contribution in [0.5, 0.6) is 0 Å². The lowest BCUT2D eigenvalue weighted by Gasteiger charge is -2.09. The molecule has 0 aliphatic heterocycles. The van der Waals surface area contributed by atoms with Crippen LogP contribution >= 0.6 is 11.8 Å². The summed E-state index contributed by atoms with van der Waals surface area (Å²) in [7, 11) is 0. The van der Waals surface area contributed by atoms with E-state index in [-0.39, 0.29) is 11.6 Å². The molecule has 8 heteroatoms. The van der Waals surface area contributed by atoms with E-state index in [2.05, 4.69) is 32.5 Å². The topological polar surface area (TPSA) is 85.6 Å². The number of nitrogens with one attached hydrogen (secondary N) is 1. The summed E-state index contributed by atoms with van der Waals surface area (Å²) in [5.41, 5.74) is 5.55. The van der Waals surface area contributed by atoms with Crippen molar-refractivity contribution in [2.45, 2.75) is 38.1 Å². The molecule has 2 aromatic carbocycles. The van der Waals surface area contributed by atoms with Crippen molar-refractivity contribution >= 4 is 23.4 Å². The van der Waals surface area contributed by atoms with Crippen LogP contribution in [0.3, 0.4) is 0 Å². The van der Waals surface area contributed by atoms with Gasteiger partial charge in [0.1, 0.15) is 0 Å². The largest absolute Gasteiger partial charge is 0.321 e. The first kappa shape index (κ1) is 21.7. The summed E-state index contributed by atoms with van der Waals surface area (Å²) in [5, 5.41) is 12.1. The summed E-state index contributed by atoms with van der Waals surface area (Å²) in [6, 6.07) is 19.4. The lowest BCUT2D eigenvalue weighted by molar-refractivity contribution is 0.102. The van der Waals surface area contributed by atoms with Gasteiger partial charge in [-0.1, -0.05) is 54.2 Å². The van der Waals surface area contributed by atoms with Crippen LogP contribution in [0.15, 0.2) is 65.8 Å². The first-order valence-electron chi connectivity index (χ1n) is 10.4. The van der Waals surface area contributed by atoms with Crippen LogP contribution < -0.4 is 5.32 Å². The number of hydrogen-bond donors (Lipinski definition) is 1. The number of anilines is 1. The lowest BCUT2D eigenvalue weighted by Crippen LogP contribution is -2.15. The Labute approximate surface area is 191 Å². The molecule has 0 unspecified atom stereocenters. The van der Waals surface area contributed by atoms with Crippen molar-refractivity contribution in [1.82, 2.24) is 25.0 Å². The van der Waals surface area contributed by atoms with Crippen molar-refractivity contribution in [2.24, 2.45) is 0 Å². The second-order valence-electron chi connectivity index (χ2n) is 7.36. The smallest absolute Gasteiger partial charge is 0.278 e. The van der Waals surface area contributed by atoms with Gasteiger partial charge in [0.2, 0.25) is 0 Å². The predicted molar refractivity (Wildman–Crippen MR) is 126 cm³/mol. The maximum Gasteiger partial charge on any atom is 0.278 e. The van der Waals surface area contributed by atoms with Crippen molar-refractivity contribution < 1.29 is 4.79 Å². The van der Waals surface area contributed by atoms with E-state index in [0.717, 1.165) is 29.2 Å². The van der Waals surface area contributed by atoms with Crippen molar-refractivity contribution in [1.29, 1.82) is 0 Å². The van der Waals surface area contributed by atoms with E-state index in [1.54, 1.807) is 4.68 Å². The van der Waals surface area contributed by atoms with Crippen molar-refractivity contribution in [2.75, 3.05) is 5.32 Å². The van der Waals surface area contributed by atoms with Gasteiger partial charge in [0.15, 0.2) is 10.9 Å². The Kier molecular flexibility index (Phi) is 6.61. The average molecular weight is 445 g/mol. The van der Waals surface area contributed by atoms with E-state index < -0.39 is 0 Å². The van der Waals surface area contributed by atoms with E-state index in [9.17, 15) is 4.79 Å². The van der Waals surface area contributed by atoms with Crippen LogP contribution in [0.25, 0.3) is 5.69 Å². The second kappa shape index (κ2) is 9.74. The molecular formula is C24H24N6OS. The van der Waals surface area contributed by atoms with Crippen LogP contribution in [0, 0.1) is 13.8 Å². The molecular weight excluding hydrogens is 420 g/mol. The van der Waals surface area contributed by atoms with Gasteiger partial charge in [-0.05, 0) is 56.2 Å². The third-order valence-corrected chi connectivity index (χ3v) is 5.76. The summed E-state index contributed by atoms with van der Waals surface area (Å²) in [6.45, 7) is 5.98. The van der Waals surface area contributed by atoms with Crippen LogP contribution in [-0.2, 0) is 12.2 Å². The molecule has 4 rings (SSSR count). The van der Waals surface area contributed by atoms with Crippen molar-refractivity contribution in [3.63, 3.8) is 0 Å². The molecule has 0 saturated carbocycles. The van der Waals surface area contributed by atoms with Crippen LogP contribution in [-0.4, -0.2) is 30.9 Å². The van der Waals surface area contributed by atoms with E-state index in [1.807, 2.05) is 74.5 Å². The number of thioether (sulfide) groups is 1. The number of aromatic nitrogens is 5. The second-order valence-corrected chi connectivity index (χ2v) is 8.30. The van der Waals surface area contributed by atoms with Crippen molar-refractivity contribution in [3.8, 4) is 5.69 Å². The van der Waals surface area contributed by atoms with Gasteiger partial charge in [-0.15, -0.1) is 5.10 Å². The van der Waals surface area contributed by atoms with Crippen LogP contribution in [0.4, 0.5) is 5.69 Å². The standard InChI is InChI=1S/C24H24N6OS/c1-4-18-10-12-19(13-11-18)27-23(31)22-21(15-32-24-25-16(2)14-17(3)26-24)30(29-28-22)20-8-6-5-7-9-20/h5-14H,4,15H2,1-3H3,(H,27,31). The molecule has 4 aromatic rings. The molecule has 162 valence electrons. The first-order valence-corrected chi connectivity index (χ1v) is 11.4. The molecule has 0 atom stereocenters. The number of benzene rings is 2. The molecule has 0 spiro atoms. The normalized spacial score (nSPS) is 10.8. The zero-order valence-corrected chi connectivity index (χ0v) is 19.1. The molecule has 1 N–H and O–H groups in total. The Hall–Kier alpha value is -3.52. The highest BCUT2D eigenvalue weighted by Crippen LogP contribution is 2.24. The minimum Gasteiger partial charge on any atom is -0.321 e. The fourth-order valence-electron chi connectivity index (χ4n) is 3.29. The lowest BCUT2D eigenvalue weighted by atomic mass is 10.1. The number of aryl methyl sites for hydroxylation is 3. The van der Waals surface area contributed by atoms with E-state index in [0.29, 0.717) is 16.6 Å². The van der Waals surface area contributed by atoms with Gasteiger partial charge in [-0.25, -0.2) is 14.6 Å². The number of amides is 1. The number of hydrogen-bond acceptors (Lipinski definition) is 6. The molecule has 0 radical (unpaired) electrons. The molecule has 1 amide bonds. The first-order chi connectivity index (χ1) is 15.5. The highest BCUT2D eigenvalue weighted by Gasteiger charge is 2.21. The quantitative estimate of drug-likeness (QED) is 0.326. The Morgan fingerprint density at radius 2 is 1.69 bits per heavy atom. The summed E-state index contributed by atoms with van der Waals surface area (Å²) in [4.78, 5) is 22.1. The summed E-state index contributed by atoms with van der Waals surface area (Å²) < 4.78 is 1.70. The molecule has 2 heterocycles. The third kappa shape index (κ3) is 5.03. The van der Waals surface area contributed by atoms with E-state index in [4.69, 9.17) is 0 Å². The summed E-state index contributed by atoms with van der Waals surface area (Å²) in [6.07, 6.45) is 0.946. The average Bonchev–Trinajstić information content (AvgIpc) is 3.22. The Balaban J connectivity index is 1.63. The summed E-state index contributed by atoms with van der Waals surface area (Å²) in [5.74, 6) is 0.149. The monoisotopic (exact) mass is 444 g/mol. The molecule has 0 bridgehead atoms. The zero-order valence-electron chi connectivity index (χ0n) is 18.2. The molecule has 2 aromatic heterocycles. The van der Waals surface area contributed by atoms with Gasteiger partial charge in [-0.2, -0.15) is 0 Å². The molecule has 0 saturated heterocycles. The third-order valence-electron chi connectivity index (χ3n) is 4.90. The number of carbonyl (C=O) groups is 1. The highest BCUT2D eigenvalue weighted by molar-refractivity contribution is 7.98. The predicted octanol–water partition coefficient (Wildman–Crippen LogP) is 4.78. The zero-order chi connectivity index (χ0) is 22.5. The maximum atomic E-state index is 13.1. The number of nitrogens with zero attached hydrogens (tertiary/aromatic N) is 5. The molecule has 7 nitrogen and oxygen atoms in total. The number of carbonyl (C=O) groups excluding carboxylic acids is 1. The van der Waals surface area contributed by atoms with Gasteiger partial charge >= 0.3 is 0 Å².